The molecule has 0 aromatic heterocycles. The van der Waals surface area contributed by atoms with Gasteiger partial charge in [0.05, 0.1) is 30.5 Å². The smallest absolute Gasteiger partial charge is 0.171 e. The van der Waals surface area contributed by atoms with E-state index in [1.807, 2.05) is 0 Å². The zero-order valence-electron chi connectivity index (χ0n) is 20.4. The van der Waals surface area contributed by atoms with E-state index >= 15 is 0 Å². The standard InChI is InChI=1S/C27H44O5/c1-15-5-10-27(31-14-15)16(2)23-21(32-27)12-20-18-11-22(29)26(30)13-17(28)6-9-25(26,4)19(18)7-8-24(20,23)3/h15-23,28-30H,5-14H2,1-4H3/t15?,16?,17-,18?,19?,20?,21-,22+,23?,24-,25+,26+,27?/m0/s1. The maximum Gasteiger partial charge on any atom is 0.171 e. The molecule has 5 nitrogen and oxygen atoms in total. The van der Waals surface area contributed by atoms with Crippen molar-refractivity contribution < 1.29 is 24.8 Å². The van der Waals surface area contributed by atoms with E-state index in [-0.39, 0.29) is 22.7 Å². The lowest BCUT2D eigenvalue weighted by Crippen LogP contribution is -2.68. The summed E-state index contributed by atoms with van der Waals surface area (Å²) in [4.78, 5) is 0. The van der Waals surface area contributed by atoms with Crippen molar-refractivity contribution in [2.24, 2.45) is 46.3 Å². The summed E-state index contributed by atoms with van der Waals surface area (Å²) in [5.41, 5.74) is -1.26. The van der Waals surface area contributed by atoms with Crippen molar-refractivity contribution in [2.45, 2.75) is 115 Å². The van der Waals surface area contributed by atoms with Crippen LogP contribution >= 0.6 is 0 Å². The van der Waals surface area contributed by atoms with Crippen LogP contribution in [0, 0.1) is 46.3 Å². The monoisotopic (exact) mass is 448 g/mol. The van der Waals surface area contributed by atoms with Gasteiger partial charge in [0.25, 0.3) is 0 Å². The molecule has 3 N–H and O–H groups in total. The van der Waals surface area contributed by atoms with Gasteiger partial charge in [-0.25, -0.2) is 0 Å². The number of fused-ring (bicyclic) bond motifs is 7. The van der Waals surface area contributed by atoms with E-state index in [0.29, 0.717) is 48.3 Å². The average Bonchev–Trinajstić information content (AvgIpc) is 3.18. The van der Waals surface area contributed by atoms with Crippen molar-refractivity contribution >= 4 is 0 Å². The van der Waals surface area contributed by atoms with Gasteiger partial charge in [0.15, 0.2) is 5.79 Å². The lowest BCUT2D eigenvalue weighted by molar-refractivity contribution is -0.279. The number of hydrogen-bond donors (Lipinski definition) is 3. The van der Waals surface area contributed by atoms with Crippen molar-refractivity contribution in [3.8, 4) is 0 Å². The van der Waals surface area contributed by atoms with Crippen molar-refractivity contribution in [3.05, 3.63) is 0 Å². The Hall–Kier alpha value is -0.200. The largest absolute Gasteiger partial charge is 0.393 e. The molecule has 1 spiro atoms. The zero-order chi connectivity index (χ0) is 22.7. The van der Waals surface area contributed by atoms with Crippen LogP contribution in [0.4, 0.5) is 0 Å². The molecular formula is C27H44O5. The third-order valence-corrected chi connectivity index (χ3v) is 12.1. The van der Waals surface area contributed by atoms with E-state index in [2.05, 4.69) is 27.7 Å². The highest BCUT2D eigenvalue weighted by molar-refractivity contribution is 5.19. The Morgan fingerprint density at radius 2 is 1.69 bits per heavy atom. The first-order valence-corrected chi connectivity index (χ1v) is 13.4. The normalized spacial score (nSPS) is 64.0. The molecule has 6 aliphatic rings. The minimum Gasteiger partial charge on any atom is -0.393 e. The maximum absolute atomic E-state index is 11.7. The molecule has 0 aromatic carbocycles. The SMILES string of the molecule is CC1CCC2(OC1)O[C@H]1CC3C4C[C@@H](O)[C@]5(O)C[C@@H](O)CC[C@]5(C)C4CC[C@]3(C)C1C2C. The van der Waals surface area contributed by atoms with Gasteiger partial charge in [0.1, 0.15) is 0 Å². The fraction of sp³-hybridized carbons (Fsp3) is 1.00. The Morgan fingerprint density at radius 1 is 0.906 bits per heavy atom. The second kappa shape index (κ2) is 6.94. The van der Waals surface area contributed by atoms with Crippen molar-refractivity contribution in [3.63, 3.8) is 0 Å². The zero-order valence-corrected chi connectivity index (χ0v) is 20.4. The van der Waals surface area contributed by atoms with E-state index in [1.54, 1.807) is 0 Å². The Bertz CT molecular complexity index is 763. The number of ether oxygens (including phenoxy) is 2. The van der Waals surface area contributed by atoms with E-state index in [0.717, 1.165) is 38.7 Å². The predicted octanol–water partition coefficient (Wildman–Crippen LogP) is 3.88. The molecule has 2 aliphatic heterocycles. The Balaban J connectivity index is 1.30. The number of hydrogen-bond acceptors (Lipinski definition) is 5. The lowest BCUT2D eigenvalue weighted by Gasteiger charge is -2.65. The average molecular weight is 449 g/mol. The van der Waals surface area contributed by atoms with Crippen molar-refractivity contribution in [2.75, 3.05) is 6.61 Å². The van der Waals surface area contributed by atoms with Crippen LogP contribution in [0.3, 0.4) is 0 Å². The molecule has 2 heterocycles. The Kier molecular flexibility index (Phi) is 4.83. The van der Waals surface area contributed by atoms with Crippen LogP contribution in [0.5, 0.6) is 0 Å². The summed E-state index contributed by atoms with van der Waals surface area (Å²) >= 11 is 0. The molecule has 6 rings (SSSR count). The van der Waals surface area contributed by atoms with Gasteiger partial charge in [0, 0.05) is 24.2 Å². The highest BCUT2D eigenvalue weighted by atomic mass is 16.7. The van der Waals surface area contributed by atoms with Gasteiger partial charge in [-0.05, 0) is 80.0 Å². The molecular weight excluding hydrogens is 404 g/mol. The van der Waals surface area contributed by atoms with Crippen molar-refractivity contribution in [1.29, 1.82) is 0 Å². The summed E-state index contributed by atoms with van der Waals surface area (Å²) < 4.78 is 13.3. The van der Waals surface area contributed by atoms with Crippen LogP contribution in [0.2, 0.25) is 0 Å². The summed E-state index contributed by atoms with van der Waals surface area (Å²) in [6.07, 6.45) is 7.08. The van der Waals surface area contributed by atoms with Gasteiger partial charge >= 0.3 is 0 Å². The second-order valence-electron chi connectivity index (χ2n) is 13.4. The molecule has 0 radical (unpaired) electrons. The highest BCUT2D eigenvalue weighted by Gasteiger charge is 2.71. The summed E-state index contributed by atoms with van der Waals surface area (Å²) in [5.74, 6) is 2.52. The molecule has 7 unspecified atom stereocenters. The third kappa shape index (κ3) is 2.64. The van der Waals surface area contributed by atoms with E-state index in [1.165, 1.54) is 12.8 Å². The molecule has 5 heteroatoms. The van der Waals surface area contributed by atoms with Crippen LogP contribution in [0.25, 0.3) is 0 Å². The number of aliphatic hydroxyl groups is 3. The summed E-state index contributed by atoms with van der Waals surface area (Å²) in [6.45, 7) is 10.2. The molecule has 32 heavy (non-hydrogen) atoms. The van der Waals surface area contributed by atoms with Gasteiger partial charge in [-0.2, -0.15) is 0 Å². The molecule has 13 atom stereocenters. The van der Waals surface area contributed by atoms with Gasteiger partial charge < -0.3 is 24.8 Å². The predicted molar refractivity (Wildman–Crippen MR) is 121 cm³/mol. The molecule has 4 aliphatic carbocycles. The Labute approximate surface area is 193 Å². The fourth-order valence-electron chi connectivity index (χ4n) is 10.3. The summed E-state index contributed by atoms with van der Waals surface area (Å²) in [5, 5.41) is 33.2. The van der Waals surface area contributed by atoms with Gasteiger partial charge in [-0.3, -0.25) is 0 Å². The minimum absolute atomic E-state index is 0.209. The first-order chi connectivity index (χ1) is 15.0. The lowest BCUT2D eigenvalue weighted by atomic mass is 9.42. The van der Waals surface area contributed by atoms with Crippen LogP contribution < -0.4 is 0 Å². The van der Waals surface area contributed by atoms with Gasteiger partial charge in [-0.15, -0.1) is 0 Å². The molecule has 2 saturated heterocycles. The van der Waals surface area contributed by atoms with E-state index < -0.39 is 17.8 Å². The topological polar surface area (TPSA) is 79.2 Å². The third-order valence-electron chi connectivity index (χ3n) is 12.1. The minimum atomic E-state index is -1.16. The van der Waals surface area contributed by atoms with E-state index in [9.17, 15) is 15.3 Å². The number of aliphatic hydroxyl groups excluding tert-OH is 2. The van der Waals surface area contributed by atoms with Crippen LogP contribution in [0.15, 0.2) is 0 Å². The summed E-state index contributed by atoms with van der Waals surface area (Å²) in [6, 6.07) is 0. The first-order valence-electron chi connectivity index (χ1n) is 13.4. The van der Waals surface area contributed by atoms with Crippen LogP contribution in [-0.2, 0) is 9.47 Å². The number of rotatable bonds is 0. The molecule has 0 amide bonds. The quantitative estimate of drug-likeness (QED) is 0.524. The fourth-order valence-corrected chi connectivity index (χ4v) is 10.3. The molecule has 4 saturated carbocycles. The van der Waals surface area contributed by atoms with Crippen LogP contribution in [0.1, 0.15) is 85.5 Å². The summed E-state index contributed by atoms with van der Waals surface area (Å²) in [7, 11) is 0. The molecule has 0 bridgehead atoms. The molecule has 6 fully saturated rings. The van der Waals surface area contributed by atoms with Crippen LogP contribution in [-0.4, -0.2) is 51.6 Å². The van der Waals surface area contributed by atoms with Gasteiger partial charge in [0.2, 0.25) is 0 Å². The second-order valence-corrected chi connectivity index (χ2v) is 13.4. The van der Waals surface area contributed by atoms with Gasteiger partial charge in [-0.1, -0.05) is 27.7 Å². The van der Waals surface area contributed by atoms with E-state index in [4.69, 9.17) is 9.47 Å². The maximum atomic E-state index is 11.7. The highest BCUT2D eigenvalue weighted by Crippen LogP contribution is 2.71. The first kappa shape index (κ1) is 22.3. The molecule has 182 valence electrons. The van der Waals surface area contributed by atoms with Crippen molar-refractivity contribution in [1.82, 2.24) is 0 Å². The molecule has 0 aromatic rings. The Morgan fingerprint density at radius 3 is 2.41 bits per heavy atom.